The van der Waals surface area contributed by atoms with Crippen LogP contribution in [0.15, 0.2) is 54.6 Å². The molecule has 0 aromatic heterocycles. The second kappa shape index (κ2) is 8.76. The Kier molecular flexibility index (Phi) is 5.93. The molecule has 0 spiro atoms. The molecule has 2 aromatic carbocycles. The van der Waals surface area contributed by atoms with Crippen molar-refractivity contribution in [1.29, 1.82) is 0 Å². The summed E-state index contributed by atoms with van der Waals surface area (Å²) in [6, 6.07) is 18.0. The van der Waals surface area contributed by atoms with Gasteiger partial charge < -0.3 is 14.4 Å². The summed E-state index contributed by atoms with van der Waals surface area (Å²) < 4.78 is 10.7. The van der Waals surface area contributed by atoms with Crippen LogP contribution in [0.2, 0.25) is 0 Å². The summed E-state index contributed by atoms with van der Waals surface area (Å²) >= 11 is 0. The average Bonchev–Trinajstić information content (AvgIpc) is 3.18. The Morgan fingerprint density at radius 2 is 1.75 bits per heavy atom. The number of amides is 1. The summed E-state index contributed by atoms with van der Waals surface area (Å²) in [6.45, 7) is 6.13. The van der Waals surface area contributed by atoms with Gasteiger partial charge in [0.1, 0.15) is 5.75 Å². The van der Waals surface area contributed by atoms with Gasteiger partial charge in [-0.15, -0.1) is 0 Å². The molecule has 5 heteroatoms. The van der Waals surface area contributed by atoms with Crippen molar-refractivity contribution in [2.24, 2.45) is 5.92 Å². The van der Waals surface area contributed by atoms with E-state index in [4.69, 9.17) is 9.47 Å². The molecule has 2 unspecified atom stereocenters. The van der Waals surface area contributed by atoms with Crippen molar-refractivity contribution in [2.45, 2.75) is 5.92 Å². The molecule has 2 aromatic rings. The predicted octanol–water partition coefficient (Wildman–Crippen LogP) is 2.88. The van der Waals surface area contributed by atoms with Gasteiger partial charge in [0.05, 0.1) is 20.3 Å². The number of nitrogens with zero attached hydrogens (tertiary/aromatic N) is 2. The lowest BCUT2D eigenvalue weighted by molar-refractivity contribution is 0.0301. The smallest absolute Gasteiger partial charge is 0.253 e. The highest BCUT2D eigenvalue weighted by molar-refractivity contribution is 5.94. The molecule has 1 amide bonds. The number of benzene rings is 2. The number of morpholine rings is 1. The van der Waals surface area contributed by atoms with E-state index >= 15 is 0 Å². The first-order valence-electron chi connectivity index (χ1n) is 10.0. The van der Waals surface area contributed by atoms with Gasteiger partial charge in [0.25, 0.3) is 5.91 Å². The number of rotatable bonds is 5. The molecule has 0 bridgehead atoms. The van der Waals surface area contributed by atoms with Crippen LogP contribution in [0.5, 0.6) is 5.75 Å². The SMILES string of the molecule is COc1ccc(C(=O)N2CC(CN3CCOCC3)C(c3ccccc3)C2)cc1. The Balaban J connectivity index is 1.51. The van der Waals surface area contributed by atoms with Crippen molar-refractivity contribution in [3.63, 3.8) is 0 Å². The first-order chi connectivity index (χ1) is 13.7. The van der Waals surface area contributed by atoms with Gasteiger partial charge in [-0.2, -0.15) is 0 Å². The lowest BCUT2D eigenvalue weighted by atomic mass is 9.88. The fourth-order valence-corrected chi connectivity index (χ4v) is 4.33. The van der Waals surface area contributed by atoms with E-state index in [1.54, 1.807) is 7.11 Å². The summed E-state index contributed by atoms with van der Waals surface area (Å²) in [5, 5.41) is 0. The third kappa shape index (κ3) is 4.21. The second-order valence-electron chi connectivity index (χ2n) is 7.63. The van der Waals surface area contributed by atoms with E-state index in [1.807, 2.05) is 29.2 Å². The zero-order valence-corrected chi connectivity index (χ0v) is 16.4. The molecule has 2 aliphatic heterocycles. The molecule has 4 rings (SSSR count). The van der Waals surface area contributed by atoms with Crippen molar-refractivity contribution in [3.05, 3.63) is 65.7 Å². The summed E-state index contributed by atoms with van der Waals surface area (Å²) in [4.78, 5) is 17.6. The molecule has 0 N–H and O–H groups in total. The fraction of sp³-hybridized carbons (Fsp3) is 0.435. The maximum atomic E-state index is 13.1. The average molecular weight is 380 g/mol. The zero-order valence-electron chi connectivity index (χ0n) is 16.4. The number of ether oxygens (including phenoxy) is 2. The van der Waals surface area contributed by atoms with Gasteiger partial charge in [0, 0.05) is 44.2 Å². The van der Waals surface area contributed by atoms with Crippen LogP contribution in [0.1, 0.15) is 21.8 Å². The molecule has 2 heterocycles. The third-order valence-electron chi connectivity index (χ3n) is 5.89. The number of likely N-dealkylation sites (tertiary alicyclic amines) is 1. The van der Waals surface area contributed by atoms with E-state index in [9.17, 15) is 4.79 Å². The molecule has 0 aliphatic carbocycles. The van der Waals surface area contributed by atoms with Crippen molar-refractivity contribution in [2.75, 3.05) is 53.0 Å². The molecule has 2 saturated heterocycles. The minimum Gasteiger partial charge on any atom is -0.497 e. The Morgan fingerprint density at radius 3 is 2.43 bits per heavy atom. The van der Waals surface area contributed by atoms with Crippen LogP contribution in [0.25, 0.3) is 0 Å². The molecule has 0 saturated carbocycles. The Labute approximate surface area is 166 Å². The second-order valence-corrected chi connectivity index (χ2v) is 7.63. The maximum absolute atomic E-state index is 13.1. The highest BCUT2D eigenvalue weighted by atomic mass is 16.5. The highest BCUT2D eigenvalue weighted by Gasteiger charge is 2.37. The van der Waals surface area contributed by atoms with E-state index in [0.29, 0.717) is 11.8 Å². The van der Waals surface area contributed by atoms with E-state index in [2.05, 4.69) is 35.2 Å². The first kappa shape index (κ1) is 19.0. The lowest BCUT2D eigenvalue weighted by Gasteiger charge is -2.30. The van der Waals surface area contributed by atoms with Crippen LogP contribution >= 0.6 is 0 Å². The largest absolute Gasteiger partial charge is 0.497 e. The first-order valence-corrected chi connectivity index (χ1v) is 10.0. The number of methoxy groups -OCH3 is 1. The van der Waals surface area contributed by atoms with Crippen molar-refractivity contribution in [1.82, 2.24) is 9.80 Å². The van der Waals surface area contributed by atoms with E-state index < -0.39 is 0 Å². The molecular weight excluding hydrogens is 352 g/mol. The molecule has 28 heavy (non-hydrogen) atoms. The van der Waals surface area contributed by atoms with Gasteiger partial charge in [-0.1, -0.05) is 30.3 Å². The van der Waals surface area contributed by atoms with Gasteiger partial charge in [-0.3, -0.25) is 9.69 Å². The zero-order chi connectivity index (χ0) is 19.3. The number of carbonyl (C=O) groups excluding carboxylic acids is 1. The van der Waals surface area contributed by atoms with E-state index in [-0.39, 0.29) is 5.91 Å². The van der Waals surface area contributed by atoms with Gasteiger partial charge >= 0.3 is 0 Å². The predicted molar refractivity (Wildman–Crippen MR) is 109 cm³/mol. The summed E-state index contributed by atoms with van der Waals surface area (Å²) in [7, 11) is 1.64. The normalized spacial score (nSPS) is 23.0. The Morgan fingerprint density at radius 1 is 1.04 bits per heavy atom. The Bertz CT molecular complexity index is 772. The van der Waals surface area contributed by atoms with Gasteiger partial charge in [-0.25, -0.2) is 0 Å². The van der Waals surface area contributed by atoms with Gasteiger partial charge in [-0.05, 0) is 35.7 Å². The summed E-state index contributed by atoms with van der Waals surface area (Å²) in [5.41, 5.74) is 2.05. The fourth-order valence-electron chi connectivity index (χ4n) is 4.33. The molecule has 5 nitrogen and oxygen atoms in total. The van der Waals surface area contributed by atoms with Crippen molar-refractivity contribution in [3.8, 4) is 5.75 Å². The van der Waals surface area contributed by atoms with Crippen molar-refractivity contribution >= 4 is 5.91 Å². The highest BCUT2D eigenvalue weighted by Crippen LogP contribution is 2.34. The number of hydrogen-bond donors (Lipinski definition) is 0. The van der Waals surface area contributed by atoms with Crippen LogP contribution in [-0.4, -0.2) is 68.8 Å². The van der Waals surface area contributed by atoms with Crippen LogP contribution in [0, 0.1) is 5.92 Å². The Hall–Kier alpha value is -2.37. The standard InChI is InChI=1S/C23H28N2O3/c1-27-21-9-7-19(8-10-21)23(26)25-16-20(15-24-11-13-28-14-12-24)22(17-25)18-5-3-2-4-6-18/h2-10,20,22H,11-17H2,1H3. The molecule has 2 fully saturated rings. The van der Waals surface area contributed by atoms with E-state index in [0.717, 1.165) is 57.3 Å². The maximum Gasteiger partial charge on any atom is 0.253 e. The molecular formula is C23H28N2O3. The van der Waals surface area contributed by atoms with Gasteiger partial charge in [0.15, 0.2) is 0 Å². The molecule has 0 radical (unpaired) electrons. The van der Waals surface area contributed by atoms with Crippen LogP contribution < -0.4 is 4.74 Å². The number of carbonyl (C=O) groups is 1. The summed E-state index contributed by atoms with van der Waals surface area (Å²) in [5.74, 6) is 1.67. The topological polar surface area (TPSA) is 42.0 Å². The van der Waals surface area contributed by atoms with Crippen LogP contribution in [0.3, 0.4) is 0 Å². The molecule has 2 atom stereocenters. The minimum absolute atomic E-state index is 0.105. The van der Waals surface area contributed by atoms with Gasteiger partial charge in [0.2, 0.25) is 0 Å². The monoisotopic (exact) mass is 380 g/mol. The molecule has 2 aliphatic rings. The minimum atomic E-state index is 0.105. The van der Waals surface area contributed by atoms with Crippen LogP contribution in [0.4, 0.5) is 0 Å². The van der Waals surface area contributed by atoms with Crippen LogP contribution in [-0.2, 0) is 4.74 Å². The molecule has 148 valence electrons. The van der Waals surface area contributed by atoms with Crippen molar-refractivity contribution < 1.29 is 14.3 Å². The lowest BCUT2D eigenvalue weighted by Crippen LogP contribution is -2.41. The summed E-state index contributed by atoms with van der Waals surface area (Å²) in [6.07, 6.45) is 0. The van der Waals surface area contributed by atoms with E-state index in [1.165, 1.54) is 5.56 Å². The number of hydrogen-bond acceptors (Lipinski definition) is 4. The third-order valence-corrected chi connectivity index (χ3v) is 5.89. The quantitative estimate of drug-likeness (QED) is 0.800.